The molecule has 0 unspecified atom stereocenters. The smallest absolute Gasteiger partial charge is 0.271 e. The Balaban J connectivity index is 2.54. The first-order valence-electron chi connectivity index (χ1n) is 5.03. The van der Waals surface area contributed by atoms with E-state index in [9.17, 15) is 14.9 Å². The topological polar surface area (TPSA) is 110 Å². The number of carbonyl (C=O) groups excluding carboxylic acids is 1. The Morgan fingerprint density at radius 1 is 1.47 bits per heavy atom. The molecule has 1 aromatic carbocycles. The lowest BCUT2D eigenvalue weighted by Crippen LogP contribution is -2.26. The van der Waals surface area contributed by atoms with Crippen LogP contribution in [0.3, 0.4) is 0 Å². The minimum absolute atomic E-state index is 0.0464. The van der Waals surface area contributed by atoms with Gasteiger partial charge in [0.25, 0.3) is 5.69 Å². The Morgan fingerprint density at radius 3 is 2.71 bits per heavy atom. The summed E-state index contributed by atoms with van der Waals surface area (Å²) in [5.41, 5.74) is 6.52. The van der Waals surface area contributed by atoms with Crippen LogP contribution in [0.2, 0.25) is 0 Å². The van der Waals surface area contributed by atoms with Gasteiger partial charge in [-0.25, -0.2) is 0 Å². The highest BCUT2D eigenvalue weighted by molar-refractivity contribution is 5.73. The highest BCUT2D eigenvalue weighted by Gasteiger charge is 2.07. The van der Waals surface area contributed by atoms with Crippen molar-refractivity contribution in [3.63, 3.8) is 0 Å². The number of hydrogen-bond acceptors (Lipinski definition) is 5. The van der Waals surface area contributed by atoms with Crippen LogP contribution in [0.25, 0.3) is 0 Å². The predicted molar refractivity (Wildman–Crippen MR) is 64.7 cm³/mol. The van der Waals surface area contributed by atoms with Gasteiger partial charge in [-0.15, -0.1) is 0 Å². The molecule has 17 heavy (non-hydrogen) atoms. The fourth-order valence-corrected chi connectivity index (χ4v) is 1.26. The quantitative estimate of drug-likeness (QED) is 0.303. The van der Waals surface area contributed by atoms with Crippen molar-refractivity contribution in [2.45, 2.75) is 6.92 Å². The highest BCUT2D eigenvalue weighted by atomic mass is 16.6. The van der Waals surface area contributed by atoms with Gasteiger partial charge in [-0.05, 0) is 6.07 Å². The second-order valence-electron chi connectivity index (χ2n) is 3.44. The first-order valence-corrected chi connectivity index (χ1v) is 5.03. The number of nitrogens with zero attached hydrogens (tertiary/aromatic N) is 1. The number of benzene rings is 1. The molecule has 7 heteroatoms. The fourth-order valence-electron chi connectivity index (χ4n) is 1.26. The molecule has 0 atom stereocenters. The number of carbonyl (C=O) groups is 1. The molecule has 92 valence electrons. The minimum atomic E-state index is -0.503. The third-order valence-corrected chi connectivity index (χ3v) is 2.06. The first kappa shape index (κ1) is 12.8. The summed E-state index contributed by atoms with van der Waals surface area (Å²) in [5, 5.41) is 16.1. The maximum absolute atomic E-state index is 10.6. The number of nitro benzene ring substituents is 1. The molecule has 4 N–H and O–H groups in total. The number of anilines is 2. The van der Waals surface area contributed by atoms with E-state index in [1.807, 2.05) is 0 Å². The van der Waals surface area contributed by atoms with Crippen LogP contribution in [0.15, 0.2) is 18.2 Å². The summed E-state index contributed by atoms with van der Waals surface area (Å²) in [6.45, 7) is 2.40. The zero-order valence-corrected chi connectivity index (χ0v) is 9.40. The third-order valence-electron chi connectivity index (χ3n) is 2.06. The lowest BCUT2D eigenvalue weighted by atomic mass is 10.2. The predicted octanol–water partition coefficient (Wildman–Crippen LogP) is 0.725. The number of hydrogen-bond donors (Lipinski definition) is 3. The van der Waals surface area contributed by atoms with Gasteiger partial charge in [0.2, 0.25) is 5.91 Å². The lowest BCUT2D eigenvalue weighted by molar-refractivity contribution is -0.384. The molecular weight excluding hydrogens is 224 g/mol. The zero-order valence-electron chi connectivity index (χ0n) is 9.40. The van der Waals surface area contributed by atoms with E-state index in [4.69, 9.17) is 5.73 Å². The SMILES string of the molecule is CC(=O)NCCNc1ccc([N+](=O)[O-])cc1N. The molecule has 0 spiro atoms. The Morgan fingerprint density at radius 2 is 2.18 bits per heavy atom. The Labute approximate surface area is 98.1 Å². The van der Waals surface area contributed by atoms with Gasteiger partial charge >= 0.3 is 0 Å². The van der Waals surface area contributed by atoms with E-state index in [2.05, 4.69) is 10.6 Å². The Bertz CT molecular complexity index is 434. The summed E-state index contributed by atoms with van der Waals surface area (Å²) in [6.07, 6.45) is 0. The monoisotopic (exact) mass is 238 g/mol. The molecule has 1 rings (SSSR count). The van der Waals surface area contributed by atoms with E-state index in [1.54, 1.807) is 6.07 Å². The van der Waals surface area contributed by atoms with E-state index in [0.717, 1.165) is 0 Å². The van der Waals surface area contributed by atoms with Crippen molar-refractivity contribution in [1.82, 2.24) is 5.32 Å². The Hall–Kier alpha value is -2.31. The molecule has 0 bridgehead atoms. The van der Waals surface area contributed by atoms with Gasteiger partial charge in [-0.2, -0.15) is 0 Å². The molecule has 0 heterocycles. The average molecular weight is 238 g/mol. The van der Waals surface area contributed by atoms with E-state index < -0.39 is 4.92 Å². The van der Waals surface area contributed by atoms with Gasteiger partial charge in [0, 0.05) is 32.1 Å². The number of nitrogens with two attached hydrogens (primary N) is 1. The second-order valence-corrected chi connectivity index (χ2v) is 3.44. The molecule has 0 saturated carbocycles. The van der Waals surface area contributed by atoms with Crippen LogP contribution in [-0.4, -0.2) is 23.9 Å². The first-order chi connectivity index (χ1) is 8.00. The molecule has 0 fully saturated rings. The molecular formula is C10H14N4O3. The van der Waals surface area contributed by atoms with Crippen molar-refractivity contribution in [1.29, 1.82) is 0 Å². The number of rotatable bonds is 5. The van der Waals surface area contributed by atoms with Crippen molar-refractivity contribution < 1.29 is 9.72 Å². The van der Waals surface area contributed by atoms with Gasteiger partial charge in [-0.3, -0.25) is 14.9 Å². The molecule has 0 radical (unpaired) electrons. The molecule has 0 aliphatic heterocycles. The third kappa shape index (κ3) is 3.98. The molecule has 0 saturated heterocycles. The maximum atomic E-state index is 10.6. The van der Waals surface area contributed by atoms with Crippen molar-refractivity contribution in [2.24, 2.45) is 0 Å². The van der Waals surface area contributed by atoms with Crippen LogP contribution in [-0.2, 0) is 4.79 Å². The normalized spacial score (nSPS) is 9.71. The number of nitro groups is 1. The summed E-state index contributed by atoms with van der Waals surface area (Å²) < 4.78 is 0. The zero-order chi connectivity index (χ0) is 12.8. The van der Waals surface area contributed by atoms with Crippen molar-refractivity contribution in [2.75, 3.05) is 24.1 Å². The van der Waals surface area contributed by atoms with Crippen molar-refractivity contribution in [3.05, 3.63) is 28.3 Å². The van der Waals surface area contributed by atoms with Crippen molar-refractivity contribution >= 4 is 23.0 Å². The minimum Gasteiger partial charge on any atom is -0.397 e. The van der Waals surface area contributed by atoms with E-state index in [0.29, 0.717) is 24.5 Å². The maximum Gasteiger partial charge on any atom is 0.271 e. The van der Waals surface area contributed by atoms with Crippen LogP contribution in [0, 0.1) is 10.1 Å². The van der Waals surface area contributed by atoms with Gasteiger partial charge in [0.05, 0.1) is 16.3 Å². The summed E-state index contributed by atoms with van der Waals surface area (Å²) in [5.74, 6) is -0.108. The number of amides is 1. The summed E-state index contributed by atoms with van der Waals surface area (Å²) in [7, 11) is 0. The van der Waals surface area contributed by atoms with Crippen LogP contribution in [0.5, 0.6) is 0 Å². The molecule has 0 aliphatic carbocycles. The van der Waals surface area contributed by atoms with Gasteiger partial charge in [0.15, 0.2) is 0 Å². The molecule has 1 amide bonds. The van der Waals surface area contributed by atoms with Gasteiger partial charge < -0.3 is 16.4 Å². The molecule has 0 aliphatic rings. The van der Waals surface area contributed by atoms with E-state index in [1.165, 1.54) is 19.1 Å². The van der Waals surface area contributed by atoms with Gasteiger partial charge in [0.1, 0.15) is 0 Å². The number of nitrogens with one attached hydrogen (secondary N) is 2. The van der Waals surface area contributed by atoms with Crippen molar-refractivity contribution in [3.8, 4) is 0 Å². The van der Waals surface area contributed by atoms with E-state index >= 15 is 0 Å². The summed E-state index contributed by atoms with van der Waals surface area (Å²) >= 11 is 0. The molecule has 7 nitrogen and oxygen atoms in total. The summed E-state index contributed by atoms with van der Waals surface area (Å²) in [4.78, 5) is 20.6. The average Bonchev–Trinajstić information content (AvgIpc) is 2.25. The van der Waals surface area contributed by atoms with E-state index in [-0.39, 0.29) is 11.6 Å². The second kappa shape index (κ2) is 5.69. The Kier molecular flexibility index (Phi) is 4.27. The largest absolute Gasteiger partial charge is 0.397 e. The van der Waals surface area contributed by atoms with Crippen LogP contribution in [0.1, 0.15) is 6.92 Å². The van der Waals surface area contributed by atoms with Gasteiger partial charge in [-0.1, -0.05) is 0 Å². The van der Waals surface area contributed by atoms with Crippen LogP contribution >= 0.6 is 0 Å². The lowest BCUT2D eigenvalue weighted by Gasteiger charge is -2.09. The highest BCUT2D eigenvalue weighted by Crippen LogP contribution is 2.23. The molecule has 0 aromatic heterocycles. The fraction of sp³-hybridized carbons (Fsp3) is 0.300. The molecule has 1 aromatic rings. The standard InChI is InChI=1S/C10H14N4O3/c1-7(15)12-4-5-13-10-3-2-8(14(16)17)6-9(10)11/h2-3,6,13H,4-5,11H2,1H3,(H,12,15). The number of nitrogen functional groups attached to an aromatic ring is 1. The number of non-ortho nitro benzene ring substituents is 1. The van der Waals surface area contributed by atoms with Crippen LogP contribution < -0.4 is 16.4 Å². The summed E-state index contributed by atoms with van der Waals surface area (Å²) in [6, 6.07) is 4.21. The van der Waals surface area contributed by atoms with Crippen LogP contribution in [0.4, 0.5) is 17.1 Å².